The molecular formula is C12H17N5O. The number of aromatic nitrogens is 4. The molecule has 0 spiro atoms. The van der Waals surface area contributed by atoms with Gasteiger partial charge in [-0.15, -0.1) is 5.10 Å². The number of aromatic amines is 1. The number of hydrogen-bond acceptors (Lipinski definition) is 4. The van der Waals surface area contributed by atoms with E-state index in [0.717, 1.165) is 18.8 Å². The first-order valence-corrected chi connectivity index (χ1v) is 6.50. The largest absolute Gasteiger partial charge is 0.353 e. The number of rotatable bonds is 2. The van der Waals surface area contributed by atoms with Gasteiger partial charge in [0.25, 0.3) is 5.78 Å². The zero-order valence-electron chi connectivity index (χ0n) is 10.5. The van der Waals surface area contributed by atoms with Crippen molar-refractivity contribution in [3.63, 3.8) is 0 Å². The molecule has 1 fully saturated rings. The maximum absolute atomic E-state index is 11.4. The summed E-state index contributed by atoms with van der Waals surface area (Å²) >= 11 is 0. The van der Waals surface area contributed by atoms with Gasteiger partial charge in [-0.3, -0.25) is 0 Å². The van der Waals surface area contributed by atoms with Gasteiger partial charge >= 0.3 is 5.69 Å². The molecule has 6 nitrogen and oxygen atoms in total. The molecule has 1 atom stereocenters. The van der Waals surface area contributed by atoms with Gasteiger partial charge in [-0.25, -0.2) is 14.3 Å². The Bertz CT molecular complexity index is 602. The lowest BCUT2D eigenvalue weighted by atomic mass is 10.0. The lowest BCUT2D eigenvalue weighted by Gasteiger charge is -2.36. The Kier molecular flexibility index (Phi) is 2.77. The highest BCUT2D eigenvalue weighted by atomic mass is 16.1. The number of anilines is 1. The highest BCUT2D eigenvalue weighted by molar-refractivity contribution is 5.45. The molecule has 0 bridgehead atoms. The molecule has 2 aromatic rings. The Morgan fingerprint density at radius 1 is 1.50 bits per heavy atom. The molecule has 0 saturated carbocycles. The topological polar surface area (TPSA) is 66.3 Å². The Labute approximate surface area is 105 Å². The predicted octanol–water partition coefficient (Wildman–Crippen LogP) is 1.19. The SMILES string of the molecule is CC[C@@H]1CCCCN1c1ccn2c(=O)[nH]nc2n1. The van der Waals surface area contributed by atoms with Crippen molar-refractivity contribution in [1.82, 2.24) is 19.6 Å². The van der Waals surface area contributed by atoms with E-state index < -0.39 is 0 Å². The molecule has 3 heterocycles. The maximum Gasteiger partial charge on any atom is 0.348 e. The molecule has 0 unspecified atom stereocenters. The van der Waals surface area contributed by atoms with Crippen molar-refractivity contribution in [3.05, 3.63) is 22.7 Å². The van der Waals surface area contributed by atoms with Gasteiger partial charge in [0.2, 0.25) is 0 Å². The average Bonchev–Trinajstić information content (AvgIpc) is 2.80. The van der Waals surface area contributed by atoms with Crippen molar-refractivity contribution in [2.24, 2.45) is 0 Å². The Morgan fingerprint density at radius 3 is 3.22 bits per heavy atom. The average molecular weight is 247 g/mol. The van der Waals surface area contributed by atoms with Crippen LogP contribution in [0.4, 0.5) is 5.82 Å². The minimum absolute atomic E-state index is 0.241. The quantitative estimate of drug-likeness (QED) is 0.865. The van der Waals surface area contributed by atoms with Crippen LogP contribution in [0.25, 0.3) is 5.78 Å². The van der Waals surface area contributed by atoms with Gasteiger partial charge in [0, 0.05) is 18.8 Å². The van der Waals surface area contributed by atoms with E-state index in [1.54, 1.807) is 6.20 Å². The Hall–Kier alpha value is -1.85. The second kappa shape index (κ2) is 4.44. The van der Waals surface area contributed by atoms with Gasteiger partial charge in [0.1, 0.15) is 5.82 Å². The van der Waals surface area contributed by atoms with Gasteiger partial charge < -0.3 is 4.90 Å². The van der Waals surface area contributed by atoms with Crippen LogP contribution in [0.1, 0.15) is 32.6 Å². The fourth-order valence-electron chi connectivity index (χ4n) is 2.68. The zero-order valence-corrected chi connectivity index (χ0v) is 10.5. The number of hydrogen-bond donors (Lipinski definition) is 1. The summed E-state index contributed by atoms with van der Waals surface area (Å²) in [4.78, 5) is 18.2. The highest BCUT2D eigenvalue weighted by Crippen LogP contribution is 2.24. The molecule has 6 heteroatoms. The van der Waals surface area contributed by atoms with Gasteiger partial charge in [-0.05, 0) is 31.7 Å². The molecule has 0 aromatic carbocycles. The first kappa shape index (κ1) is 11.3. The van der Waals surface area contributed by atoms with Crippen LogP contribution in [0, 0.1) is 0 Å². The summed E-state index contributed by atoms with van der Waals surface area (Å²) in [6, 6.07) is 2.46. The molecule has 0 aliphatic carbocycles. The fraction of sp³-hybridized carbons (Fsp3) is 0.583. The van der Waals surface area contributed by atoms with E-state index >= 15 is 0 Å². The molecular weight excluding hydrogens is 230 g/mol. The third kappa shape index (κ3) is 1.77. The number of fused-ring (bicyclic) bond motifs is 1. The summed E-state index contributed by atoms with van der Waals surface area (Å²) in [5, 5.41) is 6.32. The van der Waals surface area contributed by atoms with Crippen LogP contribution in [0.15, 0.2) is 17.1 Å². The van der Waals surface area contributed by atoms with Crippen molar-refractivity contribution < 1.29 is 0 Å². The fourth-order valence-corrected chi connectivity index (χ4v) is 2.68. The predicted molar refractivity (Wildman–Crippen MR) is 68.9 cm³/mol. The van der Waals surface area contributed by atoms with Crippen molar-refractivity contribution >= 4 is 11.6 Å². The van der Waals surface area contributed by atoms with Gasteiger partial charge in [0.15, 0.2) is 0 Å². The lowest BCUT2D eigenvalue weighted by molar-refractivity contribution is 0.447. The van der Waals surface area contributed by atoms with Crippen LogP contribution in [-0.4, -0.2) is 32.2 Å². The number of nitrogens with zero attached hydrogens (tertiary/aromatic N) is 4. The van der Waals surface area contributed by atoms with Gasteiger partial charge in [-0.2, -0.15) is 4.98 Å². The van der Waals surface area contributed by atoms with Crippen LogP contribution >= 0.6 is 0 Å². The summed E-state index contributed by atoms with van der Waals surface area (Å²) in [6.45, 7) is 3.25. The summed E-state index contributed by atoms with van der Waals surface area (Å²) in [7, 11) is 0. The normalized spacial score (nSPS) is 20.5. The van der Waals surface area contributed by atoms with Crippen LogP contribution in [0.2, 0.25) is 0 Å². The Morgan fingerprint density at radius 2 is 2.39 bits per heavy atom. The van der Waals surface area contributed by atoms with Gasteiger partial charge in [-0.1, -0.05) is 6.92 Å². The molecule has 1 saturated heterocycles. The zero-order chi connectivity index (χ0) is 12.5. The molecule has 96 valence electrons. The molecule has 1 aliphatic rings. The summed E-state index contributed by atoms with van der Waals surface area (Å²) < 4.78 is 1.42. The number of H-pyrrole nitrogens is 1. The van der Waals surface area contributed by atoms with Gasteiger partial charge in [0.05, 0.1) is 0 Å². The van der Waals surface area contributed by atoms with E-state index in [1.807, 2.05) is 6.07 Å². The first-order chi connectivity index (χ1) is 8.79. The third-order valence-corrected chi connectivity index (χ3v) is 3.67. The number of piperidine rings is 1. The molecule has 1 N–H and O–H groups in total. The summed E-state index contributed by atoms with van der Waals surface area (Å²) in [5.74, 6) is 1.37. The summed E-state index contributed by atoms with van der Waals surface area (Å²) in [6.07, 6.45) is 6.58. The molecule has 2 aromatic heterocycles. The van der Waals surface area contributed by atoms with Crippen LogP contribution in [0.3, 0.4) is 0 Å². The highest BCUT2D eigenvalue weighted by Gasteiger charge is 2.22. The molecule has 3 rings (SSSR count). The maximum atomic E-state index is 11.4. The lowest BCUT2D eigenvalue weighted by Crippen LogP contribution is -2.39. The monoisotopic (exact) mass is 247 g/mol. The van der Waals surface area contributed by atoms with E-state index in [4.69, 9.17) is 0 Å². The molecule has 0 radical (unpaired) electrons. The third-order valence-electron chi connectivity index (χ3n) is 3.67. The minimum Gasteiger partial charge on any atom is -0.353 e. The number of nitrogens with one attached hydrogen (secondary N) is 1. The van der Waals surface area contributed by atoms with E-state index in [1.165, 1.54) is 23.7 Å². The Balaban J connectivity index is 1.99. The first-order valence-electron chi connectivity index (χ1n) is 6.50. The van der Waals surface area contributed by atoms with E-state index in [0.29, 0.717) is 11.8 Å². The van der Waals surface area contributed by atoms with Crippen LogP contribution < -0.4 is 10.6 Å². The van der Waals surface area contributed by atoms with Crippen molar-refractivity contribution in [1.29, 1.82) is 0 Å². The summed E-state index contributed by atoms with van der Waals surface area (Å²) in [5.41, 5.74) is -0.241. The standard InChI is InChI=1S/C12H17N5O/c1-2-9-5-3-4-7-16(9)10-6-8-17-11(13-10)14-15-12(17)18/h6,8-9H,2-5,7H2,1H3,(H,15,18)/t9-/m1/s1. The van der Waals surface area contributed by atoms with E-state index in [9.17, 15) is 4.79 Å². The van der Waals surface area contributed by atoms with Crippen LogP contribution in [0.5, 0.6) is 0 Å². The van der Waals surface area contributed by atoms with E-state index in [2.05, 4.69) is 27.0 Å². The minimum atomic E-state index is -0.241. The molecule has 1 aliphatic heterocycles. The van der Waals surface area contributed by atoms with E-state index in [-0.39, 0.29) is 5.69 Å². The van der Waals surface area contributed by atoms with Crippen molar-refractivity contribution in [2.75, 3.05) is 11.4 Å². The van der Waals surface area contributed by atoms with Crippen molar-refractivity contribution in [3.8, 4) is 0 Å². The molecule has 18 heavy (non-hydrogen) atoms. The second-order valence-corrected chi connectivity index (χ2v) is 4.74. The van der Waals surface area contributed by atoms with Crippen molar-refractivity contribution in [2.45, 2.75) is 38.6 Å². The van der Waals surface area contributed by atoms with Crippen LogP contribution in [-0.2, 0) is 0 Å². The second-order valence-electron chi connectivity index (χ2n) is 4.74. The smallest absolute Gasteiger partial charge is 0.348 e. The molecule has 0 amide bonds.